The average molecular weight is 319 g/mol. The minimum Gasteiger partial charge on any atom is -0.466 e. The Labute approximate surface area is 114 Å². The molecule has 18 heavy (non-hydrogen) atoms. The lowest BCUT2D eigenvalue weighted by atomic mass is 9.91. The predicted octanol–water partition coefficient (Wildman–Crippen LogP) is 3.14. The maximum Gasteiger partial charge on any atom is 0.305 e. The molecule has 0 saturated heterocycles. The molecule has 0 aliphatic rings. The fraction of sp³-hybridized carbons (Fsp3) is 0.462. The van der Waals surface area contributed by atoms with E-state index in [0.717, 1.165) is 0 Å². The molecule has 0 saturated carbocycles. The van der Waals surface area contributed by atoms with E-state index in [9.17, 15) is 14.3 Å². The number of aliphatic hydroxyl groups is 1. The summed E-state index contributed by atoms with van der Waals surface area (Å²) in [6, 6.07) is 4.35. The van der Waals surface area contributed by atoms with Crippen molar-refractivity contribution in [3.8, 4) is 0 Å². The highest BCUT2D eigenvalue weighted by Crippen LogP contribution is 2.30. The smallest absolute Gasteiger partial charge is 0.305 e. The molecule has 0 heterocycles. The van der Waals surface area contributed by atoms with Crippen molar-refractivity contribution in [3.05, 3.63) is 34.1 Å². The topological polar surface area (TPSA) is 46.5 Å². The molecule has 0 spiro atoms. The average Bonchev–Trinajstić information content (AvgIpc) is 2.30. The van der Waals surface area contributed by atoms with Crippen molar-refractivity contribution >= 4 is 21.9 Å². The molecule has 1 atom stereocenters. The van der Waals surface area contributed by atoms with Crippen molar-refractivity contribution in [2.45, 2.75) is 32.3 Å². The first-order valence-electron chi connectivity index (χ1n) is 5.70. The molecule has 1 N–H and O–H groups in total. The van der Waals surface area contributed by atoms with Crippen molar-refractivity contribution in [1.82, 2.24) is 0 Å². The molecule has 1 rings (SSSR count). The first kappa shape index (κ1) is 15.1. The van der Waals surface area contributed by atoms with Crippen molar-refractivity contribution in [3.63, 3.8) is 0 Å². The molecule has 1 aromatic rings. The molecule has 0 amide bonds. The highest BCUT2D eigenvalue weighted by Gasteiger charge is 2.27. The summed E-state index contributed by atoms with van der Waals surface area (Å²) < 4.78 is 19.1. The van der Waals surface area contributed by atoms with Crippen LogP contribution in [0.3, 0.4) is 0 Å². The van der Waals surface area contributed by atoms with Crippen LogP contribution in [0.4, 0.5) is 4.39 Å². The zero-order chi connectivity index (χ0) is 13.8. The molecule has 0 aromatic heterocycles. The Kier molecular flexibility index (Phi) is 5.28. The van der Waals surface area contributed by atoms with Crippen LogP contribution in [0.2, 0.25) is 0 Å². The standard InChI is InChI=1S/C13H16BrFO3/c1-3-18-12(16)6-7-13(2,17)10-8-9(14)4-5-11(10)15/h4-5,8,17H,3,6-7H2,1-2H3. The van der Waals surface area contributed by atoms with Crippen molar-refractivity contribution < 1.29 is 19.0 Å². The van der Waals surface area contributed by atoms with Crippen LogP contribution in [0.5, 0.6) is 0 Å². The molecule has 1 aromatic carbocycles. The third-order valence-electron chi connectivity index (χ3n) is 2.63. The third-order valence-corrected chi connectivity index (χ3v) is 3.12. The Morgan fingerprint density at radius 1 is 1.56 bits per heavy atom. The molecule has 1 unspecified atom stereocenters. The van der Waals surface area contributed by atoms with E-state index in [-0.39, 0.29) is 18.4 Å². The van der Waals surface area contributed by atoms with Crippen molar-refractivity contribution in [1.29, 1.82) is 0 Å². The summed E-state index contributed by atoms with van der Waals surface area (Å²) in [5.41, 5.74) is -1.23. The highest BCUT2D eigenvalue weighted by molar-refractivity contribution is 9.10. The largest absolute Gasteiger partial charge is 0.466 e. The number of carbonyl (C=O) groups is 1. The van der Waals surface area contributed by atoms with Crippen LogP contribution in [0, 0.1) is 5.82 Å². The second-order valence-corrected chi connectivity index (χ2v) is 5.12. The second-order valence-electron chi connectivity index (χ2n) is 4.20. The maximum atomic E-state index is 13.6. The molecule has 3 nitrogen and oxygen atoms in total. The van der Waals surface area contributed by atoms with E-state index in [1.807, 2.05) is 0 Å². The van der Waals surface area contributed by atoms with Gasteiger partial charge in [-0.1, -0.05) is 15.9 Å². The lowest BCUT2D eigenvalue weighted by molar-refractivity contribution is -0.144. The minimum atomic E-state index is -1.40. The predicted molar refractivity (Wildman–Crippen MR) is 69.5 cm³/mol. The number of rotatable bonds is 5. The summed E-state index contributed by atoms with van der Waals surface area (Å²) >= 11 is 3.22. The Morgan fingerprint density at radius 3 is 2.83 bits per heavy atom. The normalized spacial score (nSPS) is 14.1. The first-order valence-corrected chi connectivity index (χ1v) is 6.49. The zero-order valence-corrected chi connectivity index (χ0v) is 12.0. The molecule has 5 heteroatoms. The Bertz CT molecular complexity index is 432. The van der Waals surface area contributed by atoms with Crippen LogP contribution < -0.4 is 0 Å². The summed E-state index contributed by atoms with van der Waals surface area (Å²) in [7, 11) is 0. The number of esters is 1. The molecule has 0 aliphatic carbocycles. The molecule has 0 fully saturated rings. The van der Waals surface area contributed by atoms with E-state index in [2.05, 4.69) is 15.9 Å². The zero-order valence-electron chi connectivity index (χ0n) is 10.4. The Balaban J connectivity index is 2.79. The summed E-state index contributed by atoms with van der Waals surface area (Å²) in [5.74, 6) is -0.889. The molecule has 0 aliphatic heterocycles. The van der Waals surface area contributed by atoms with Crippen LogP contribution >= 0.6 is 15.9 Å². The van der Waals surface area contributed by atoms with E-state index in [1.54, 1.807) is 13.0 Å². The summed E-state index contributed by atoms with van der Waals surface area (Å²) in [5, 5.41) is 10.2. The quantitative estimate of drug-likeness (QED) is 0.848. The van der Waals surface area contributed by atoms with Gasteiger partial charge in [0.25, 0.3) is 0 Å². The lowest BCUT2D eigenvalue weighted by Gasteiger charge is -2.24. The number of benzene rings is 1. The highest BCUT2D eigenvalue weighted by atomic mass is 79.9. The number of halogens is 2. The molecular formula is C13H16BrFO3. The van der Waals surface area contributed by atoms with Crippen LogP contribution in [0.15, 0.2) is 22.7 Å². The van der Waals surface area contributed by atoms with Gasteiger partial charge >= 0.3 is 5.97 Å². The molecule has 0 bridgehead atoms. The van der Waals surface area contributed by atoms with Gasteiger partial charge in [0.1, 0.15) is 5.82 Å². The van der Waals surface area contributed by atoms with Gasteiger partial charge in [0.2, 0.25) is 0 Å². The maximum absolute atomic E-state index is 13.6. The third kappa shape index (κ3) is 4.07. The summed E-state index contributed by atoms with van der Waals surface area (Å²) in [6.45, 7) is 3.49. The van der Waals surface area contributed by atoms with Gasteiger partial charge < -0.3 is 9.84 Å². The number of carbonyl (C=O) groups excluding carboxylic acids is 1. The summed E-state index contributed by atoms with van der Waals surface area (Å²) in [4.78, 5) is 11.2. The fourth-order valence-corrected chi connectivity index (χ4v) is 1.98. The van der Waals surface area contributed by atoms with Crippen molar-refractivity contribution in [2.75, 3.05) is 6.61 Å². The van der Waals surface area contributed by atoms with Crippen LogP contribution in [-0.2, 0) is 15.1 Å². The van der Waals surface area contributed by atoms with E-state index >= 15 is 0 Å². The van der Waals surface area contributed by atoms with Crippen molar-refractivity contribution in [2.24, 2.45) is 0 Å². The van der Waals surface area contributed by atoms with Crippen LogP contribution in [0.25, 0.3) is 0 Å². The van der Waals surface area contributed by atoms with Crippen LogP contribution in [-0.4, -0.2) is 17.7 Å². The molecular weight excluding hydrogens is 303 g/mol. The van der Waals surface area contributed by atoms with Gasteiger partial charge in [-0.15, -0.1) is 0 Å². The van der Waals surface area contributed by atoms with Gasteiger partial charge in [-0.05, 0) is 38.5 Å². The first-order chi connectivity index (χ1) is 8.36. The van der Waals surface area contributed by atoms with Gasteiger partial charge in [0.05, 0.1) is 12.2 Å². The summed E-state index contributed by atoms with van der Waals surface area (Å²) in [6.07, 6.45) is 0.159. The lowest BCUT2D eigenvalue weighted by Crippen LogP contribution is -2.24. The SMILES string of the molecule is CCOC(=O)CCC(C)(O)c1cc(Br)ccc1F. The number of ether oxygens (including phenoxy) is 1. The fourth-order valence-electron chi connectivity index (χ4n) is 1.62. The van der Waals surface area contributed by atoms with E-state index < -0.39 is 17.4 Å². The Morgan fingerprint density at radius 2 is 2.22 bits per heavy atom. The second kappa shape index (κ2) is 6.29. The van der Waals surface area contributed by atoms with E-state index in [0.29, 0.717) is 11.1 Å². The van der Waals surface area contributed by atoms with Gasteiger partial charge in [-0.3, -0.25) is 4.79 Å². The van der Waals surface area contributed by atoms with E-state index in [1.165, 1.54) is 19.1 Å². The van der Waals surface area contributed by atoms with Gasteiger partial charge in [-0.2, -0.15) is 0 Å². The van der Waals surface area contributed by atoms with Gasteiger partial charge in [-0.25, -0.2) is 4.39 Å². The Hall–Kier alpha value is -0.940. The van der Waals surface area contributed by atoms with E-state index in [4.69, 9.17) is 4.74 Å². The number of hydrogen-bond donors (Lipinski definition) is 1. The molecule has 100 valence electrons. The number of hydrogen-bond acceptors (Lipinski definition) is 3. The van der Waals surface area contributed by atoms with Gasteiger partial charge in [0, 0.05) is 16.5 Å². The molecule has 0 radical (unpaired) electrons. The van der Waals surface area contributed by atoms with Crippen LogP contribution in [0.1, 0.15) is 32.3 Å². The van der Waals surface area contributed by atoms with Gasteiger partial charge in [0.15, 0.2) is 0 Å². The monoisotopic (exact) mass is 318 g/mol. The minimum absolute atomic E-state index is 0.0484.